The van der Waals surface area contributed by atoms with Crippen LogP contribution in [0.1, 0.15) is 31.1 Å². The smallest absolute Gasteiger partial charge is 0.136 e. The van der Waals surface area contributed by atoms with Crippen molar-refractivity contribution >= 4 is 0 Å². The molecule has 0 radical (unpaired) electrons. The fourth-order valence-electron chi connectivity index (χ4n) is 2.14. The quantitative estimate of drug-likeness (QED) is 0.821. The van der Waals surface area contributed by atoms with Gasteiger partial charge >= 0.3 is 0 Å². The Morgan fingerprint density at radius 2 is 1.65 bits per heavy atom. The molecule has 2 rings (SSSR count). The number of benzene rings is 2. The molecule has 2 aromatic carbocycles. The van der Waals surface area contributed by atoms with Crippen molar-refractivity contribution in [2.45, 2.75) is 26.4 Å². The second kappa shape index (κ2) is 7.71. The van der Waals surface area contributed by atoms with Crippen LogP contribution in [0.2, 0.25) is 0 Å². The predicted octanol–water partition coefficient (Wildman–Crippen LogP) is 3.98. The van der Waals surface area contributed by atoms with E-state index in [0.717, 1.165) is 25.3 Å². The number of hydrogen-bond donors (Lipinski definition) is 1. The first kappa shape index (κ1) is 14.6. The van der Waals surface area contributed by atoms with Crippen molar-refractivity contribution in [3.8, 4) is 5.75 Å². The monoisotopic (exact) mass is 269 g/mol. The Balaban J connectivity index is 2.10. The molecule has 0 saturated heterocycles. The summed E-state index contributed by atoms with van der Waals surface area (Å²) in [6.07, 6.45) is 1.10. The Morgan fingerprint density at radius 3 is 2.25 bits per heavy atom. The maximum atomic E-state index is 6.14. The standard InChI is InChI=1S/C18H23NO/c1-3-15-10-12-17(13-11-15)20-18(14-19-4-2)16-8-6-5-7-9-16/h5-13,18-19H,3-4,14H2,1-2H3. The molecule has 2 heteroatoms. The Hall–Kier alpha value is -1.80. The van der Waals surface area contributed by atoms with E-state index in [1.165, 1.54) is 11.1 Å². The molecule has 1 unspecified atom stereocenters. The SMILES string of the molecule is CCNCC(Oc1ccc(CC)cc1)c1ccccc1. The average molecular weight is 269 g/mol. The van der Waals surface area contributed by atoms with E-state index in [0.29, 0.717) is 0 Å². The van der Waals surface area contributed by atoms with Crippen molar-refractivity contribution < 1.29 is 4.74 Å². The van der Waals surface area contributed by atoms with E-state index in [9.17, 15) is 0 Å². The lowest BCUT2D eigenvalue weighted by molar-refractivity contribution is 0.202. The molecule has 0 aromatic heterocycles. The Morgan fingerprint density at radius 1 is 0.950 bits per heavy atom. The maximum Gasteiger partial charge on any atom is 0.136 e. The van der Waals surface area contributed by atoms with Gasteiger partial charge in [0, 0.05) is 6.54 Å². The zero-order chi connectivity index (χ0) is 14.2. The summed E-state index contributed by atoms with van der Waals surface area (Å²) >= 11 is 0. The van der Waals surface area contributed by atoms with Gasteiger partial charge in [0.05, 0.1) is 0 Å². The number of ether oxygens (including phenoxy) is 1. The molecule has 106 valence electrons. The summed E-state index contributed by atoms with van der Waals surface area (Å²) in [6.45, 7) is 6.03. The molecule has 0 saturated carbocycles. The molecule has 0 fully saturated rings. The van der Waals surface area contributed by atoms with Gasteiger partial charge in [-0.25, -0.2) is 0 Å². The lowest BCUT2D eigenvalue weighted by Gasteiger charge is -2.20. The highest BCUT2D eigenvalue weighted by Gasteiger charge is 2.12. The van der Waals surface area contributed by atoms with Crippen LogP contribution in [-0.4, -0.2) is 13.1 Å². The van der Waals surface area contributed by atoms with Crippen molar-refractivity contribution in [1.29, 1.82) is 0 Å². The van der Waals surface area contributed by atoms with Crippen LogP contribution in [0.15, 0.2) is 54.6 Å². The third-order valence-corrected chi connectivity index (χ3v) is 3.36. The first-order chi connectivity index (χ1) is 9.83. The van der Waals surface area contributed by atoms with Gasteiger partial charge in [-0.05, 0) is 36.2 Å². The van der Waals surface area contributed by atoms with Crippen LogP contribution < -0.4 is 10.1 Å². The summed E-state index contributed by atoms with van der Waals surface area (Å²) in [5.41, 5.74) is 2.54. The summed E-state index contributed by atoms with van der Waals surface area (Å²) in [4.78, 5) is 0. The van der Waals surface area contributed by atoms with E-state index in [-0.39, 0.29) is 6.10 Å². The highest BCUT2D eigenvalue weighted by Crippen LogP contribution is 2.22. The van der Waals surface area contributed by atoms with Gasteiger partial charge in [-0.2, -0.15) is 0 Å². The molecule has 0 aliphatic heterocycles. The zero-order valence-corrected chi connectivity index (χ0v) is 12.3. The Labute approximate surface area is 121 Å². The lowest BCUT2D eigenvalue weighted by Crippen LogP contribution is -2.24. The number of nitrogens with one attached hydrogen (secondary N) is 1. The van der Waals surface area contributed by atoms with E-state index in [2.05, 4.69) is 67.7 Å². The van der Waals surface area contributed by atoms with Crippen LogP contribution in [-0.2, 0) is 6.42 Å². The second-order valence-corrected chi connectivity index (χ2v) is 4.82. The van der Waals surface area contributed by atoms with Crippen LogP contribution in [0.25, 0.3) is 0 Å². The van der Waals surface area contributed by atoms with Crippen LogP contribution in [0.3, 0.4) is 0 Å². The molecule has 0 aliphatic rings. The van der Waals surface area contributed by atoms with E-state index >= 15 is 0 Å². The molecule has 0 amide bonds. The van der Waals surface area contributed by atoms with Crippen LogP contribution in [0, 0.1) is 0 Å². The molecule has 0 bridgehead atoms. The number of hydrogen-bond acceptors (Lipinski definition) is 2. The van der Waals surface area contributed by atoms with Gasteiger partial charge < -0.3 is 10.1 Å². The number of likely N-dealkylation sites (N-methyl/N-ethyl adjacent to an activating group) is 1. The fourth-order valence-corrected chi connectivity index (χ4v) is 2.14. The minimum atomic E-state index is 0.0450. The molecule has 0 heterocycles. The summed E-state index contributed by atoms with van der Waals surface area (Å²) in [5.74, 6) is 0.925. The molecule has 0 aliphatic carbocycles. The van der Waals surface area contributed by atoms with Crippen molar-refractivity contribution in [2.24, 2.45) is 0 Å². The summed E-state index contributed by atoms with van der Waals surface area (Å²) in [6, 6.07) is 18.7. The van der Waals surface area contributed by atoms with Gasteiger partial charge in [-0.15, -0.1) is 0 Å². The molecule has 2 aromatic rings. The van der Waals surface area contributed by atoms with Gasteiger partial charge in [-0.1, -0.05) is 56.3 Å². The average Bonchev–Trinajstić information content (AvgIpc) is 2.53. The normalized spacial score (nSPS) is 12.1. The van der Waals surface area contributed by atoms with Gasteiger partial charge in [0.15, 0.2) is 0 Å². The molecule has 20 heavy (non-hydrogen) atoms. The molecule has 0 spiro atoms. The van der Waals surface area contributed by atoms with Crippen LogP contribution in [0.4, 0.5) is 0 Å². The fraction of sp³-hybridized carbons (Fsp3) is 0.333. The van der Waals surface area contributed by atoms with E-state index < -0.39 is 0 Å². The van der Waals surface area contributed by atoms with Crippen molar-refractivity contribution in [1.82, 2.24) is 5.32 Å². The van der Waals surface area contributed by atoms with Gasteiger partial charge in [0.25, 0.3) is 0 Å². The number of aryl methyl sites for hydroxylation is 1. The van der Waals surface area contributed by atoms with E-state index in [1.54, 1.807) is 0 Å². The third-order valence-electron chi connectivity index (χ3n) is 3.36. The summed E-state index contributed by atoms with van der Waals surface area (Å²) in [5, 5.41) is 3.36. The summed E-state index contributed by atoms with van der Waals surface area (Å²) < 4.78 is 6.14. The minimum Gasteiger partial charge on any atom is -0.484 e. The first-order valence-corrected chi connectivity index (χ1v) is 7.34. The summed E-state index contributed by atoms with van der Waals surface area (Å²) in [7, 11) is 0. The van der Waals surface area contributed by atoms with Crippen molar-refractivity contribution in [3.63, 3.8) is 0 Å². The van der Waals surface area contributed by atoms with Crippen LogP contribution in [0.5, 0.6) is 5.75 Å². The van der Waals surface area contributed by atoms with Crippen molar-refractivity contribution in [2.75, 3.05) is 13.1 Å². The molecule has 1 N–H and O–H groups in total. The first-order valence-electron chi connectivity index (χ1n) is 7.34. The maximum absolute atomic E-state index is 6.14. The predicted molar refractivity (Wildman–Crippen MR) is 84.2 cm³/mol. The largest absolute Gasteiger partial charge is 0.484 e. The van der Waals surface area contributed by atoms with Gasteiger partial charge in [0.1, 0.15) is 11.9 Å². The zero-order valence-electron chi connectivity index (χ0n) is 12.3. The topological polar surface area (TPSA) is 21.3 Å². The minimum absolute atomic E-state index is 0.0450. The molecule has 2 nitrogen and oxygen atoms in total. The lowest BCUT2D eigenvalue weighted by atomic mass is 10.1. The third kappa shape index (κ3) is 4.10. The highest BCUT2D eigenvalue weighted by molar-refractivity contribution is 5.28. The van der Waals surface area contributed by atoms with E-state index in [4.69, 9.17) is 4.74 Å². The van der Waals surface area contributed by atoms with Gasteiger partial charge in [0.2, 0.25) is 0 Å². The molecule has 1 atom stereocenters. The highest BCUT2D eigenvalue weighted by atomic mass is 16.5. The Kier molecular flexibility index (Phi) is 5.63. The van der Waals surface area contributed by atoms with E-state index in [1.807, 2.05) is 6.07 Å². The van der Waals surface area contributed by atoms with Gasteiger partial charge in [-0.3, -0.25) is 0 Å². The Bertz CT molecular complexity index is 493. The molecular weight excluding hydrogens is 246 g/mol. The van der Waals surface area contributed by atoms with Crippen molar-refractivity contribution in [3.05, 3.63) is 65.7 Å². The molecular formula is C18H23NO. The number of rotatable bonds is 7. The van der Waals surface area contributed by atoms with Crippen LogP contribution >= 0.6 is 0 Å². The second-order valence-electron chi connectivity index (χ2n) is 4.82.